The van der Waals surface area contributed by atoms with Crippen LogP contribution in [0.3, 0.4) is 0 Å². The molecule has 24 heavy (non-hydrogen) atoms. The zero-order valence-electron chi connectivity index (χ0n) is 13.1. The molecule has 128 valence electrons. The Morgan fingerprint density at radius 3 is 1.17 bits per heavy atom. The summed E-state index contributed by atoms with van der Waals surface area (Å²) in [6.07, 6.45) is 2.88. The number of benzene rings is 2. The van der Waals surface area contributed by atoms with Crippen LogP contribution >= 0.6 is 21.6 Å². The maximum absolute atomic E-state index is 10.2. The van der Waals surface area contributed by atoms with Crippen LogP contribution in [0.1, 0.15) is 33.6 Å². The van der Waals surface area contributed by atoms with Crippen molar-refractivity contribution in [1.29, 1.82) is 0 Å². The van der Waals surface area contributed by atoms with Gasteiger partial charge >= 0.3 is 11.9 Å². The number of carbonyl (C=O) groups is 2. The Morgan fingerprint density at radius 2 is 1.00 bits per heavy atom. The van der Waals surface area contributed by atoms with Crippen molar-refractivity contribution >= 4 is 33.5 Å². The highest BCUT2D eigenvalue weighted by Gasteiger charge is 1.97. The second kappa shape index (κ2) is 12.5. The maximum atomic E-state index is 10.2. The Hall–Kier alpha value is -1.92. The minimum atomic E-state index is -0.879. The van der Waals surface area contributed by atoms with Crippen molar-refractivity contribution in [3.05, 3.63) is 71.8 Å². The summed E-state index contributed by atoms with van der Waals surface area (Å²) in [6.45, 7) is 0. The van der Waals surface area contributed by atoms with Crippen molar-refractivity contribution < 1.29 is 19.8 Å². The average molecular weight is 364 g/mol. The fourth-order valence-corrected chi connectivity index (χ4v) is 3.90. The zero-order chi connectivity index (χ0) is 17.6. The summed E-state index contributed by atoms with van der Waals surface area (Å²) in [5, 5.41) is 16.8. The molecule has 0 aromatic heterocycles. The van der Waals surface area contributed by atoms with Gasteiger partial charge in [-0.3, -0.25) is 0 Å². The van der Waals surface area contributed by atoms with E-state index in [1.54, 1.807) is 60.7 Å². The number of rotatable bonds is 2. The molecule has 0 saturated carbocycles. The number of hydrogen-bond acceptors (Lipinski definition) is 4. The zero-order valence-corrected chi connectivity index (χ0v) is 14.8. The Morgan fingerprint density at radius 1 is 0.667 bits per heavy atom. The standard InChI is InChI=1S/2C7H6O2.C4H8S2/c2*8-7(9)6-4-2-1-3-5-6;1-2-4-6-5-3-1/h2*1-5H,(H,8,9);1-4H2. The molecule has 0 radical (unpaired) electrons. The third kappa shape index (κ3) is 9.27. The van der Waals surface area contributed by atoms with Crippen LogP contribution < -0.4 is 0 Å². The third-order valence-electron chi connectivity index (χ3n) is 2.83. The third-order valence-corrected chi connectivity index (χ3v) is 5.41. The summed E-state index contributed by atoms with van der Waals surface area (Å²) in [7, 11) is 4.02. The van der Waals surface area contributed by atoms with Gasteiger partial charge in [0.1, 0.15) is 0 Å². The lowest BCUT2D eigenvalue weighted by molar-refractivity contribution is 0.0686. The SMILES string of the molecule is C1CCSSC1.O=C(O)c1ccccc1.O=C(O)c1ccccc1. The van der Waals surface area contributed by atoms with Gasteiger partial charge in [0.25, 0.3) is 0 Å². The molecule has 2 aromatic carbocycles. The normalized spacial score (nSPS) is 12.7. The fraction of sp³-hybridized carbons (Fsp3) is 0.222. The van der Waals surface area contributed by atoms with E-state index in [0.717, 1.165) is 0 Å². The van der Waals surface area contributed by atoms with Crippen LogP contribution in [0.5, 0.6) is 0 Å². The first-order valence-corrected chi connectivity index (χ1v) is 9.91. The number of hydrogen-bond donors (Lipinski definition) is 2. The molecule has 2 aromatic rings. The van der Waals surface area contributed by atoms with Gasteiger partial charge in [0, 0.05) is 11.5 Å². The van der Waals surface area contributed by atoms with Crippen molar-refractivity contribution in [1.82, 2.24) is 0 Å². The van der Waals surface area contributed by atoms with E-state index < -0.39 is 11.9 Å². The molecule has 0 bridgehead atoms. The van der Waals surface area contributed by atoms with E-state index in [9.17, 15) is 9.59 Å². The van der Waals surface area contributed by atoms with Gasteiger partial charge in [0.05, 0.1) is 11.1 Å². The largest absolute Gasteiger partial charge is 0.478 e. The minimum Gasteiger partial charge on any atom is -0.478 e. The van der Waals surface area contributed by atoms with Crippen LogP contribution in [-0.4, -0.2) is 33.7 Å². The van der Waals surface area contributed by atoms with Gasteiger partial charge in [0.2, 0.25) is 0 Å². The first-order valence-electron chi connectivity index (χ1n) is 7.42. The molecule has 0 amide bonds. The van der Waals surface area contributed by atoms with Gasteiger partial charge in [-0.15, -0.1) is 0 Å². The summed E-state index contributed by atoms with van der Waals surface area (Å²) in [6, 6.07) is 16.6. The molecule has 2 N–H and O–H groups in total. The van der Waals surface area contributed by atoms with E-state index in [1.807, 2.05) is 21.6 Å². The monoisotopic (exact) mass is 364 g/mol. The predicted octanol–water partition coefficient (Wildman–Crippen LogP) is 4.93. The summed E-state index contributed by atoms with van der Waals surface area (Å²) < 4.78 is 0. The second-order valence-corrected chi connectivity index (χ2v) is 7.40. The lowest BCUT2D eigenvalue weighted by atomic mass is 10.2. The van der Waals surface area contributed by atoms with Crippen molar-refractivity contribution in [3.63, 3.8) is 0 Å². The van der Waals surface area contributed by atoms with Gasteiger partial charge in [-0.05, 0) is 37.1 Å². The van der Waals surface area contributed by atoms with E-state index >= 15 is 0 Å². The van der Waals surface area contributed by atoms with Gasteiger partial charge in [-0.2, -0.15) is 0 Å². The molecule has 6 heteroatoms. The quantitative estimate of drug-likeness (QED) is 0.736. The maximum Gasteiger partial charge on any atom is 0.335 e. The Bertz CT molecular complexity index is 538. The summed E-state index contributed by atoms with van der Waals surface area (Å²) in [5.41, 5.74) is 0.662. The number of carboxylic acid groups (broad SMARTS) is 2. The Balaban J connectivity index is 0.000000184. The topological polar surface area (TPSA) is 74.6 Å². The van der Waals surface area contributed by atoms with Gasteiger partial charge in [0.15, 0.2) is 0 Å². The lowest BCUT2D eigenvalue weighted by Crippen LogP contribution is -1.93. The number of aromatic carboxylic acids is 2. The highest BCUT2D eigenvalue weighted by atomic mass is 33.1. The van der Waals surface area contributed by atoms with Crippen LogP contribution in [-0.2, 0) is 0 Å². The van der Waals surface area contributed by atoms with Crippen LogP contribution in [0.25, 0.3) is 0 Å². The minimum absolute atomic E-state index is 0.331. The molecule has 3 rings (SSSR count). The predicted molar refractivity (Wildman–Crippen MR) is 101 cm³/mol. The summed E-state index contributed by atoms with van der Waals surface area (Å²) in [5.74, 6) is 1.00. The summed E-state index contributed by atoms with van der Waals surface area (Å²) in [4.78, 5) is 20.4. The highest BCUT2D eigenvalue weighted by Crippen LogP contribution is 2.28. The lowest BCUT2D eigenvalue weighted by Gasteiger charge is -2.04. The van der Waals surface area contributed by atoms with Gasteiger partial charge in [-0.1, -0.05) is 58.0 Å². The van der Waals surface area contributed by atoms with E-state index in [0.29, 0.717) is 11.1 Å². The van der Waals surface area contributed by atoms with Crippen LogP contribution in [0.4, 0.5) is 0 Å². The molecule has 1 fully saturated rings. The first kappa shape index (κ1) is 20.1. The average Bonchev–Trinajstić information content (AvgIpc) is 2.65. The van der Waals surface area contributed by atoms with Gasteiger partial charge in [-0.25, -0.2) is 9.59 Å². The van der Waals surface area contributed by atoms with E-state index in [2.05, 4.69) is 0 Å². The molecule has 1 heterocycles. The van der Waals surface area contributed by atoms with E-state index in [4.69, 9.17) is 10.2 Å². The van der Waals surface area contributed by atoms with Crippen molar-refractivity contribution in [3.8, 4) is 0 Å². The molecule has 0 unspecified atom stereocenters. The molecule has 1 aliphatic rings. The number of carboxylic acids is 2. The molecular weight excluding hydrogens is 344 g/mol. The molecule has 1 saturated heterocycles. The Kier molecular flexibility index (Phi) is 10.5. The molecule has 4 nitrogen and oxygen atoms in total. The molecule has 0 spiro atoms. The highest BCUT2D eigenvalue weighted by molar-refractivity contribution is 8.76. The van der Waals surface area contributed by atoms with Crippen molar-refractivity contribution in [2.24, 2.45) is 0 Å². The van der Waals surface area contributed by atoms with Crippen molar-refractivity contribution in [2.45, 2.75) is 12.8 Å². The fourth-order valence-electron chi connectivity index (χ4n) is 1.60. The first-order chi connectivity index (χ1) is 11.6. The second-order valence-electron chi connectivity index (χ2n) is 4.69. The van der Waals surface area contributed by atoms with Crippen LogP contribution in [0, 0.1) is 0 Å². The smallest absolute Gasteiger partial charge is 0.335 e. The van der Waals surface area contributed by atoms with Crippen LogP contribution in [0.2, 0.25) is 0 Å². The molecule has 1 aliphatic heterocycles. The summed E-state index contributed by atoms with van der Waals surface area (Å²) >= 11 is 0. The van der Waals surface area contributed by atoms with E-state index in [1.165, 1.54) is 24.3 Å². The van der Waals surface area contributed by atoms with Gasteiger partial charge < -0.3 is 10.2 Å². The Labute approximate surface area is 149 Å². The molecule has 0 aliphatic carbocycles. The molecule has 0 atom stereocenters. The molecular formula is C18H20O4S2. The van der Waals surface area contributed by atoms with E-state index in [-0.39, 0.29) is 0 Å². The van der Waals surface area contributed by atoms with Crippen LogP contribution in [0.15, 0.2) is 60.7 Å². The van der Waals surface area contributed by atoms with Crippen molar-refractivity contribution in [2.75, 3.05) is 11.5 Å².